The number of likely N-dealkylation sites (tertiary alicyclic amines) is 1. The third-order valence-electron chi connectivity index (χ3n) is 4.94. The van der Waals surface area contributed by atoms with Crippen molar-refractivity contribution >= 4 is 12.0 Å². The highest BCUT2D eigenvalue weighted by Gasteiger charge is 2.34. The summed E-state index contributed by atoms with van der Waals surface area (Å²) >= 11 is 0. The fourth-order valence-corrected chi connectivity index (χ4v) is 3.27. The normalized spacial score (nSPS) is 15.9. The lowest BCUT2D eigenvalue weighted by molar-refractivity contribution is -0.0120. The van der Waals surface area contributed by atoms with Crippen molar-refractivity contribution in [2.45, 2.75) is 31.4 Å². The summed E-state index contributed by atoms with van der Waals surface area (Å²) in [6, 6.07) is 7.49. The van der Waals surface area contributed by atoms with Crippen LogP contribution in [0.5, 0.6) is 5.75 Å². The van der Waals surface area contributed by atoms with Crippen molar-refractivity contribution in [2.24, 2.45) is 0 Å². The monoisotopic (exact) mass is 389 g/mol. The van der Waals surface area contributed by atoms with Gasteiger partial charge in [0.1, 0.15) is 5.75 Å². The molecule has 3 rings (SSSR count). The zero-order valence-electron chi connectivity index (χ0n) is 16.5. The Hall–Kier alpha value is -2.81. The molecule has 152 valence electrons. The molecule has 2 aromatic rings. The molecule has 1 aromatic carbocycles. The predicted molar refractivity (Wildman–Crippen MR) is 103 cm³/mol. The molecule has 0 bridgehead atoms. The highest BCUT2D eigenvalue weighted by Crippen LogP contribution is 2.30. The molecule has 1 fully saturated rings. The molecule has 2 N–H and O–H groups in total. The quantitative estimate of drug-likeness (QED) is 0.770. The smallest absolute Gasteiger partial charge is 0.317 e. The van der Waals surface area contributed by atoms with Crippen LogP contribution in [0.3, 0.4) is 0 Å². The minimum atomic E-state index is -0.849. The van der Waals surface area contributed by atoms with Crippen LogP contribution in [-0.2, 0) is 13.0 Å². The van der Waals surface area contributed by atoms with Crippen LogP contribution in [0.15, 0.2) is 28.8 Å². The molecule has 0 spiro atoms. The molecule has 0 radical (unpaired) electrons. The topological polar surface area (TPSA) is 104 Å². The highest BCUT2D eigenvalue weighted by molar-refractivity contribution is 5.74. The fourth-order valence-electron chi connectivity index (χ4n) is 3.27. The number of anilines is 1. The largest absolute Gasteiger partial charge is 0.496 e. The Bertz CT molecular complexity index is 799. The predicted octanol–water partition coefficient (Wildman–Crippen LogP) is 1.42. The maximum atomic E-state index is 12.4. The molecule has 1 aliphatic rings. The van der Waals surface area contributed by atoms with E-state index in [2.05, 4.69) is 15.5 Å². The summed E-state index contributed by atoms with van der Waals surface area (Å²) in [6.07, 6.45) is 1.51. The second-order valence-corrected chi connectivity index (χ2v) is 7.24. The number of carbonyl (C=O) groups excluding carboxylic acids is 1. The molecule has 9 nitrogen and oxygen atoms in total. The van der Waals surface area contributed by atoms with E-state index in [9.17, 15) is 9.90 Å². The number of ether oxygens (including phenoxy) is 1. The van der Waals surface area contributed by atoms with Crippen LogP contribution in [0.1, 0.15) is 24.3 Å². The average Bonchev–Trinajstić information content (AvgIpc) is 3.16. The van der Waals surface area contributed by atoms with Gasteiger partial charge in [-0.3, -0.25) is 0 Å². The van der Waals surface area contributed by atoms with E-state index in [4.69, 9.17) is 9.26 Å². The first-order valence-electron chi connectivity index (χ1n) is 9.27. The van der Waals surface area contributed by atoms with E-state index in [1.54, 1.807) is 16.9 Å². The molecule has 2 heterocycles. The number of aliphatic hydroxyl groups is 1. The summed E-state index contributed by atoms with van der Waals surface area (Å²) in [5.41, 5.74) is 0.122. The minimum absolute atomic E-state index is 0.168. The molecule has 0 unspecified atom stereocenters. The van der Waals surface area contributed by atoms with E-state index in [0.717, 1.165) is 11.3 Å². The van der Waals surface area contributed by atoms with Crippen LogP contribution in [0.25, 0.3) is 0 Å². The van der Waals surface area contributed by atoms with E-state index in [1.165, 1.54) is 0 Å². The number of benzene rings is 1. The summed E-state index contributed by atoms with van der Waals surface area (Å²) in [6.45, 7) is 1.12. The summed E-state index contributed by atoms with van der Waals surface area (Å²) in [4.78, 5) is 20.0. The molecule has 0 atom stereocenters. The van der Waals surface area contributed by atoms with Gasteiger partial charge in [-0.1, -0.05) is 18.2 Å². The van der Waals surface area contributed by atoms with Crippen molar-refractivity contribution in [3.05, 3.63) is 35.7 Å². The van der Waals surface area contributed by atoms with Gasteiger partial charge >= 0.3 is 6.03 Å². The van der Waals surface area contributed by atoms with Gasteiger partial charge in [-0.25, -0.2) is 4.79 Å². The van der Waals surface area contributed by atoms with E-state index in [-0.39, 0.29) is 12.6 Å². The molecule has 1 aliphatic heterocycles. The van der Waals surface area contributed by atoms with E-state index in [0.29, 0.717) is 44.2 Å². The summed E-state index contributed by atoms with van der Waals surface area (Å²) in [5, 5.41) is 17.6. The second kappa shape index (κ2) is 8.47. The number of rotatable bonds is 6. The number of carbonyl (C=O) groups is 1. The van der Waals surface area contributed by atoms with Gasteiger partial charge in [0, 0.05) is 33.6 Å². The number of piperidine rings is 1. The van der Waals surface area contributed by atoms with Gasteiger partial charge < -0.3 is 29.5 Å². The number of methoxy groups -OCH3 is 1. The average molecular weight is 389 g/mol. The first-order chi connectivity index (χ1) is 13.4. The number of aromatic nitrogens is 2. The van der Waals surface area contributed by atoms with E-state index in [1.807, 2.05) is 38.4 Å². The van der Waals surface area contributed by atoms with Crippen molar-refractivity contribution in [2.75, 3.05) is 39.2 Å². The molecular weight excluding hydrogens is 362 g/mol. The molecular formula is C19H27N5O4. The van der Waals surface area contributed by atoms with Gasteiger partial charge in [0.2, 0.25) is 5.89 Å². The number of nitrogens with zero attached hydrogens (tertiary/aromatic N) is 4. The molecule has 2 amide bonds. The van der Waals surface area contributed by atoms with Gasteiger partial charge in [-0.2, -0.15) is 4.98 Å². The number of urea groups is 1. The maximum absolute atomic E-state index is 12.4. The van der Waals surface area contributed by atoms with Gasteiger partial charge in [0.25, 0.3) is 5.95 Å². The van der Waals surface area contributed by atoms with Gasteiger partial charge in [-0.05, 0) is 29.6 Å². The first kappa shape index (κ1) is 19.9. The minimum Gasteiger partial charge on any atom is -0.496 e. The lowest BCUT2D eigenvalue weighted by Gasteiger charge is -2.38. The maximum Gasteiger partial charge on any atom is 0.317 e. The Balaban J connectivity index is 1.50. The Labute approximate surface area is 164 Å². The van der Waals surface area contributed by atoms with Crippen molar-refractivity contribution < 1.29 is 19.2 Å². The molecule has 0 aliphatic carbocycles. The van der Waals surface area contributed by atoms with Crippen LogP contribution in [0.2, 0.25) is 0 Å². The van der Waals surface area contributed by atoms with E-state index < -0.39 is 5.60 Å². The first-order valence-corrected chi connectivity index (χ1v) is 9.27. The Morgan fingerprint density at radius 2 is 2.07 bits per heavy atom. The van der Waals surface area contributed by atoms with E-state index >= 15 is 0 Å². The SMILES string of the molecule is COc1ccccc1CC1(O)CCN(C(=O)NCc2nc(N(C)C)no2)CC1. The van der Waals surface area contributed by atoms with Gasteiger partial charge in [0.05, 0.1) is 19.3 Å². The molecule has 0 saturated carbocycles. The van der Waals surface area contributed by atoms with Crippen LogP contribution < -0.4 is 15.0 Å². The van der Waals surface area contributed by atoms with Crippen LogP contribution in [0.4, 0.5) is 10.7 Å². The summed E-state index contributed by atoms with van der Waals surface area (Å²) in [5.74, 6) is 1.58. The summed E-state index contributed by atoms with van der Waals surface area (Å²) in [7, 11) is 5.25. The number of nitrogens with one attached hydrogen (secondary N) is 1. The van der Waals surface area contributed by atoms with Gasteiger partial charge in [0.15, 0.2) is 0 Å². The molecule has 1 saturated heterocycles. The lowest BCUT2D eigenvalue weighted by Crippen LogP contribution is -2.50. The lowest BCUT2D eigenvalue weighted by atomic mass is 9.85. The number of amides is 2. The van der Waals surface area contributed by atoms with Crippen molar-refractivity contribution in [1.82, 2.24) is 20.4 Å². The Kier molecular flexibility index (Phi) is 6.03. The zero-order valence-corrected chi connectivity index (χ0v) is 16.5. The van der Waals surface area contributed by atoms with Crippen LogP contribution in [-0.4, -0.2) is 66.1 Å². The van der Waals surface area contributed by atoms with Crippen LogP contribution >= 0.6 is 0 Å². The third-order valence-corrected chi connectivity index (χ3v) is 4.94. The standard InChI is InChI=1S/C19H27N5O4/c1-23(2)17-21-16(28-22-17)13-20-18(25)24-10-8-19(26,9-11-24)12-14-6-4-5-7-15(14)27-3/h4-7,26H,8-13H2,1-3H3,(H,20,25). The fraction of sp³-hybridized carbons (Fsp3) is 0.526. The molecule has 1 aromatic heterocycles. The number of para-hydroxylation sites is 1. The Morgan fingerprint density at radius 3 is 2.71 bits per heavy atom. The molecule has 9 heteroatoms. The summed E-state index contributed by atoms with van der Waals surface area (Å²) < 4.78 is 10.5. The van der Waals surface area contributed by atoms with Crippen molar-refractivity contribution in [1.29, 1.82) is 0 Å². The number of hydrogen-bond donors (Lipinski definition) is 2. The Morgan fingerprint density at radius 1 is 1.36 bits per heavy atom. The van der Waals surface area contributed by atoms with Crippen molar-refractivity contribution in [3.8, 4) is 5.75 Å². The van der Waals surface area contributed by atoms with Crippen molar-refractivity contribution in [3.63, 3.8) is 0 Å². The number of hydrogen-bond acceptors (Lipinski definition) is 7. The van der Waals surface area contributed by atoms with Crippen LogP contribution in [0, 0.1) is 0 Å². The molecule has 28 heavy (non-hydrogen) atoms. The second-order valence-electron chi connectivity index (χ2n) is 7.24. The third kappa shape index (κ3) is 4.72. The van der Waals surface area contributed by atoms with Gasteiger partial charge in [-0.15, -0.1) is 0 Å². The zero-order chi connectivity index (χ0) is 20.1. The highest BCUT2D eigenvalue weighted by atomic mass is 16.5.